The Bertz CT molecular complexity index is 1800. The van der Waals surface area contributed by atoms with E-state index in [2.05, 4.69) is 5.32 Å². The molecular weight excluding hydrogens is 632 g/mol. The fourth-order valence-corrected chi connectivity index (χ4v) is 6.63. The summed E-state index contributed by atoms with van der Waals surface area (Å²) in [7, 11) is -3.06. The van der Waals surface area contributed by atoms with Crippen LogP contribution in [-0.4, -0.2) is 56.3 Å². The predicted molar refractivity (Wildman–Crippen MR) is 184 cm³/mol. The number of carbonyl (C=O) groups is 2. The largest absolute Gasteiger partial charge is 0.497 e. The molecule has 11 nitrogen and oxygen atoms in total. The van der Waals surface area contributed by atoms with Gasteiger partial charge in [0, 0.05) is 31.1 Å². The minimum atomic E-state index is -4.53. The van der Waals surface area contributed by atoms with Crippen LogP contribution < -0.4 is 14.4 Å². The molecule has 0 spiro atoms. The molecule has 1 N–H and O–H groups in total. The van der Waals surface area contributed by atoms with E-state index in [9.17, 15) is 28.1 Å². The summed E-state index contributed by atoms with van der Waals surface area (Å²) in [6.45, 7) is 3.29. The summed E-state index contributed by atoms with van der Waals surface area (Å²) in [6, 6.07) is 27.2. The van der Waals surface area contributed by atoms with Gasteiger partial charge in [0.1, 0.15) is 18.3 Å². The summed E-state index contributed by atoms with van der Waals surface area (Å²) in [5, 5.41) is 14.7. The van der Waals surface area contributed by atoms with E-state index in [0.29, 0.717) is 12.3 Å². The van der Waals surface area contributed by atoms with Crippen molar-refractivity contribution in [2.24, 2.45) is 0 Å². The van der Waals surface area contributed by atoms with E-state index in [1.807, 2.05) is 67.6 Å². The van der Waals surface area contributed by atoms with E-state index in [1.54, 1.807) is 12.1 Å². The lowest BCUT2D eigenvalue weighted by atomic mass is 10.0. The first-order chi connectivity index (χ1) is 23.0. The number of amides is 2. The van der Waals surface area contributed by atoms with Gasteiger partial charge in [-0.25, -0.2) is 8.42 Å². The molecule has 0 aliphatic rings. The van der Waals surface area contributed by atoms with E-state index in [1.165, 1.54) is 43.2 Å². The fraction of sp³-hybridized carbons (Fsp3) is 0.278. The Balaban J connectivity index is 1.81. The van der Waals surface area contributed by atoms with Gasteiger partial charge in [0.05, 0.1) is 22.6 Å². The SMILES string of the molecule is CCCCNC(=O)[C@@H](Cc1ccccc1)N(Cc1ccccc1)C(=O)CN(c1ccc(OC)cc1)S(=O)(=O)c1ccc(C)c([N+](=O)[O-])c1. The highest BCUT2D eigenvalue weighted by Crippen LogP contribution is 2.30. The van der Waals surface area contributed by atoms with Crippen LogP contribution in [0.3, 0.4) is 0 Å². The van der Waals surface area contributed by atoms with Gasteiger partial charge in [0.2, 0.25) is 11.8 Å². The normalized spacial score (nSPS) is 11.7. The third-order valence-electron chi connectivity index (χ3n) is 7.90. The number of nitro benzene ring substituents is 1. The molecule has 0 aliphatic heterocycles. The zero-order valence-electron chi connectivity index (χ0n) is 27.2. The van der Waals surface area contributed by atoms with Gasteiger partial charge in [0.25, 0.3) is 15.7 Å². The van der Waals surface area contributed by atoms with E-state index in [0.717, 1.165) is 34.3 Å². The van der Waals surface area contributed by atoms with E-state index >= 15 is 0 Å². The number of carbonyl (C=O) groups excluding carboxylic acids is 2. The number of anilines is 1. The Kier molecular flexibility index (Phi) is 12.3. The summed E-state index contributed by atoms with van der Waals surface area (Å²) in [5.74, 6) is -0.526. The van der Waals surface area contributed by atoms with Gasteiger partial charge in [-0.15, -0.1) is 0 Å². The molecule has 1 atom stereocenters. The molecular formula is C36H40N4O7S. The van der Waals surface area contributed by atoms with Crippen LogP contribution in [0, 0.1) is 17.0 Å². The Morgan fingerprint density at radius 2 is 1.54 bits per heavy atom. The van der Waals surface area contributed by atoms with Gasteiger partial charge < -0.3 is 15.0 Å². The second-order valence-corrected chi connectivity index (χ2v) is 13.1. The van der Waals surface area contributed by atoms with Gasteiger partial charge >= 0.3 is 0 Å². The average Bonchev–Trinajstić information content (AvgIpc) is 3.09. The summed E-state index contributed by atoms with van der Waals surface area (Å²) in [5.41, 5.74) is 1.63. The number of unbranched alkanes of at least 4 members (excludes halogenated alkanes) is 1. The molecule has 4 aromatic rings. The molecule has 0 bridgehead atoms. The molecule has 4 aromatic carbocycles. The highest BCUT2D eigenvalue weighted by molar-refractivity contribution is 7.92. The molecule has 0 radical (unpaired) electrons. The van der Waals surface area contributed by atoms with Crippen LogP contribution in [0.25, 0.3) is 0 Å². The van der Waals surface area contributed by atoms with E-state index < -0.39 is 33.4 Å². The number of benzene rings is 4. The quantitative estimate of drug-likeness (QED) is 0.0920. The van der Waals surface area contributed by atoms with Gasteiger partial charge in [-0.05, 0) is 54.8 Å². The van der Waals surface area contributed by atoms with E-state index in [-0.39, 0.29) is 40.7 Å². The second kappa shape index (κ2) is 16.6. The molecule has 0 saturated heterocycles. The van der Waals surface area contributed by atoms with Crippen molar-refractivity contribution in [3.8, 4) is 5.75 Å². The third kappa shape index (κ3) is 8.97. The standard InChI is InChI=1S/C36H40N4O7S/c1-4-5-22-37-36(42)34(23-28-12-8-6-9-13-28)38(25-29-14-10-7-11-15-29)35(41)26-39(30-17-19-31(47-3)20-18-30)48(45,46)32-21-16-27(2)33(24-32)40(43)44/h6-21,24,34H,4-5,22-23,25-26H2,1-3H3,(H,37,42)/t34-/m1/s1. The Morgan fingerprint density at radius 1 is 0.917 bits per heavy atom. The fourth-order valence-electron chi connectivity index (χ4n) is 5.19. The lowest BCUT2D eigenvalue weighted by Crippen LogP contribution is -2.53. The number of nitrogens with one attached hydrogen (secondary N) is 1. The van der Waals surface area contributed by atoms with Crippen LogP contribution in [0.1, 0.15) is 36.5 Å². The lowest BCUT2D eigenvalue weighted by molar-refractivity contribution is -0.385. The smallest absolute Gasteiger partial charge is 0.273 e. The van der Waals surface area contributed by atoms with Gasteiger partial charge in [0.15, 0.2) is 0 Å². The van der Waals surface area contributed by atoms with Gasteiger partial charge in [-0.3, -0.25) is 24.0 Å². The molecule has 0 fully saturated rings. The molecule has 0 unspecified atom stereocenters. The average molecular weight is 673 g/mol. The molecule has 4 rings (SSSR count). The van der Waals surface area contributed by atoms with Crippen molar-refractivity contribution in [1.29, 1.82) is 0 Å². The summed E-state index contributed by atoms with van der Waals surface area (Å²) in [6.07, 6.45) is 1.81. The van der Waals surface area contributed by atoms with E-state index in [4.69, 9.17) is 4.74 Å². The maximum atomic E-state index is 14.5. The van der Waals surface area contributed by atoms with Crippen molar-refractivity contribution in [3.63, 3.8) is 0 Å². The van der Waals surface area contributed by atoms with Crippen molar-refractivity contribution >= 4 is 33.2 Å². The number of nitrogens with zero attached hydrogens (tertiary/aromatic N) is 3. The third-order valence-corrected chi connectivity index (χ3v) is 9.67. The monoisotopic (exact) mass is 672 g/mol. The zero-order valence-corrected chi connectivity index (χ0v) is 28.1. The molecule has 252 valence electrons. The Labute approximate surface area is 281 Å². The van der Waals surface area contributed by atoms with Crippen LogP contribution in [-0.2, 0) is 32.6 Å². The number of hydrogen-bond donors (Lipinski definition) is 1. The van der Waals surface area contributed by atoms with Crippen LogP contribution >= 0.6 is 0 Å². The number of rotatable bonds is 16. The zero-order chi connectivity index (χ0) is 34.7. The maximum absolute atomic E-state index is 14.5. The van der Waals surface area contributed by atoms with Crippen molar-refractivity contribution in [2.75, 3.05) is 24.5 Å². The summed E-state index contributed by atoms with van der Waals surface area (Å²) in [4.78, 5) is 40.5. The molecule has 0 heterocycles. The highest BCUT2D eigenvalue weighted by atomic mass is 32.2. The predicted octanol–water partition coefficient (Wildman–Crippen LogP) is 5.66. The number of nitro groups is 1. The first-order valence-corrected chi connectivity index (χ1v) is 17.1. The minimum absolute atomic E-state index is 0.0326. The number of ether oxygens (including phenoxy) is 1. The number of aryl methyl sites for hydroxylation is 1. The first-order valence-electron chi connectivity index (χ1n) is 15.6. The maximum Gasteiger partial charge on any atom is 0.273 e. The topological polar surface area (TPSA) is 139 Å². The molecule has 2 amide bonds. The number of hydrogen-bond acceptors (Lipinski definition) is 7. The first kappa shape index (κ1) is 35.6. The van der Waals surface area contributed by atoms with Crippen molar-refractivity contribution < 1.29 is 27.7 Å². The van der Waals surface area contributed by atoms with Crippen LogP contribution in [0.5, 0.6) is 5.75 Å². The second-order valence-electron chi connectivity index (χ2n) is 11.3. The van der Waals surface area contributed by atoms with Crippen molar-refractivity contribution in [3.05, 3.63) is 130 Å². The van der Waals surface area contributed by atoms with Gasteiger partial charge in [-0.1, -0.05) is 80.1 Å². The summed E-state index contributed by atoms with van der Waals surface area (Å²) < 4.78 is 34.7. The molecule has 0 aromatic heterocycles. The molecule has 0 saturated carbocycles. The molecule has 0 aliphatic carbocycles. The summed E-state index contributed by atoms with van der Waals surface area (Å²) >= 11 is 0. The van der Waals surface area contributed by atoms with Gasteiger partial charge in [-0.2, -0.15) is 0 Å². The Hall–Kier alpha value is -5.23. The van der Waals surface area contributed by atoms with Crippen molar-refractivity contribution in [1.82, 2.24) is 10.2 Å². The highest BCUT2D eigenvalue weighted by Gasteiger charge is 2.35. The number of sulfonamides is 1. The van der Waals surface area contributed by atoms with Crippen molar-refractivity contribution in [2.45, 2.75) is 50.6 Å². The van der Waals surface area contributed by atoms with Crippen LogP contribution in [0.15, 0.2) is 108 Å². The Morgan fingerprint density at radius 3 is 2.12 bits per heavy atom. The van der Waals surface area contributed by atoms with Crippen LogP contribution in [0.4, 0.5) is 11.4 Å². The molecule has 12 heteroatoms. The minimum Gasteiger partial charge on any atom is -0.497 e. The van der Waals surface area contributed by atoms with Crippen LogP contribution in [0.2, 0.25) is 0 Å². The lowest BCUT2D eigenvalue weighted by Gasteiger charge is -2.34. The molecule has 48 heavy (non-hydrogen) atoms. The number of methoxy groups -OCH3 is 1.